The van der Waals surface area contributed by atoms with E-state index < -0.39 is 6.10 Å². The summed E-state index contributed by atoms with van der Waals surface area (Å²) in [4.78, 5) is 8.22. The molecule has 0 aliphatic heterocycles. The van der Waals surface area contributed by atoms with E-state index in [2.05, 4.69) is 9.97 Å². The van der Waals surface area contributed by atoms with E-state index in [0.717, 1.165) is 0 Å². The molecular formula is C13H20N2O2S. The average Bonchev–Trinajstić information content (AvgIpc) is 2.45. The van der Waals surface area contributed by atoms with E-state index in [9.17, 15) is 5.11 Å². The smallest absolute Gasteiger partial charge is 0.238 e. The van der Waals surface area contributed by atoms with Crippen LogP contribution < -0.4 is 4.74 Å². The molecule has 1 atom stereocenters. The molecule has 1 N–H and O–H groups in total. The summed E-state index contributed by atoms with van der Waals surface area (Å²) in [6.07, 6.45) is 9.11. The average molecular weight is 268 g/mol. The van der Waals surface area contributed by atoms with Gasteiger partial charge in [0.25, 0.3) is 0 Å². The van der Waals surface area contributed by atoms with Crippen molar-refractivity contribution in [3.8, 4) is 5.88 Å². The summed E-state index contributed by atoms with van der Waals surface area (Å²) in [5, 5.41) is 10.9. The van der Waals surface area contributed by atoms with Gasteiger partial charge in [-0.15, -0.1) is 0 Å². The third-order valence-electron chi connectivity index (χ3n) is 3.24. The Kier molecular flexibility index (Phi) is 5.26. The molecule has 1 aromatic heterocycles. The Balaban J connectivity index is 1.88. The van der Waals surface area contributed by atoms with Crippen molar-refractivity contribution in [1.82, 2.24) is 9.97 Å². The summed E-state index contributed by atoms with van der Waals surface area (Å²) < 4.78 is 5.12. The van der Waals surface area contributed by atoms with E-state index >= 15 is 0 Å². The van der Waals surface area contributed by atoms with Crippen molar-refractivity contribution in [2.45, 2.75) is 43.5 Å². The zero-order valence-electron chi connectivity index (χ0n) is 10.7. The number of nitrogens with zero attached hydrogens (tertiary/aromatic N) is 2. The van der Waals surface area contributed by atoms with Gasteiger partial charge in [0, 0.05) is 23.4 Å². The lowest BCUT2D eigenvalue weighted by Crippen LogP contribution is -2.13. The van der Waals surface area contributed by atoms with Crippen molar-refractivity contribution in [2.75, 3.05) is 12.9 Å². The molecule has 0 amide bonds. The second kappa shape index (κ2) is 6.95. The maximum Gasteiger partial charge on any atom is 0.238 e. The van der Waals surface area contributed by atoms with Gasteiger partial charge < -0.3 is 9.84 Å². The first-order valence-corrected chi connectivity index (χ1v) is 7.50. The van der Waals surface area contributed by atoms with Gasteiger partial charge in [-0.25, -0.2) is 4.98 Å². The van der Waals surface area contributed by atoms with Gasteiger partial charge in [0.2, 0.25) is 5.88 Å². The quantitative estimate of drug-likeness (QED) is 0.889. The van der Waals surface area contributed by atoms with Crippen LogP contribution in [0.1, 0.15) is 43.9 Å². The fraction of sp³-hybridized carbons (Fsp3) is 0.692. The normalized spacial score (nSPS) is 18.6. The molecule has 0 spiro atoms. The maximum absolute atomic E-state index is 10.2. The number of ether oxygens (including phenoxy) is 1. The first kappa shape index (κ1) is 13.6. The van der Waals surface area contributed by atoms with Gasteiger partial charge >= 0.3 is 0 Å². The molecular weight excluding hydrogens is 248 g/mol. The largest absolute Gasteiger partial charge is 0.480 e. The van der Waals surface area contributed by atoms with Gasteiger partial charge in [0.05, 0.1) is 7.11 Å². The molecule has 1 aliphatic rings. The lowest BCUT2D eigenvalue weighted by molar-refractivity contribution is 0.192. The number of aliphatic hydroxyl groups is 1. The van der Waals surface area contributed by atoms with Gasteiger partial charge in [-0.2, -0.15) is 11.8 Å². The number of methoxy groups -OCH3 is 1. The second-order valence-corrected chi connectivity index (χ2v) is 5.89. The minimum Gasteiger partial charge on any atom is -0.480 e. The maximum atomic E-state index is 10.2. The Morgan fingerprint density at radius 2 is 2.06 bits per heavy atom. The van der Waals surface area contributed by atoms with E-state index in [1.807, 2.05) is 11.8 Å². The minimum atomic E-state index is -0.597. The Labute approximate surface area is 112 Å². The lowest BCUT2D eigenvalue weighted by Gasteiger charge is -2.22. The van der Waals surface area contributed by atoms with E-state index in [4.69, 9.17) is 4.74 Å². The third-order valence-corrected chi connectivity index (χ3v) is 4.69. The molecule has 1 fully saturated rings. The van der Waals surface area contributed by atoms with Crippen molar-refractivity contribution >= 4 is 11.8 Å². The number of aromatic nitrogens is 2. The molecule has 1 aliphatic carbocycles. The standard InChI is InChI=1S/C13H20N2O2S/c1-17-13-12(14-7-8-15-13)11(16)9-18-10-5-3-2-4-6-10/h7-8,10-11,16H,2-6,9H2,1H3. The molecule has 1 saturated carbocycles. The molecule has 18 heavy (non-hydrogen) atoms. The van der Waals surface area contributed by atoms with E-state index in [1.165, 1.54) is 32.1 Å². The van der Waals surface area contributed by atoms with Crippen LogP contribution in [0.3, 0.4) is 0 Å². The molecule has 0 saturated heterocycles. The van der Waals surface area contributed by atoms with Crippen LogP contribution in [0.25, 0.3) is 0 Å². The lowest BCUT2D eigenvalue weighted by atomic mass is 10.0. The van der Waals surface area contributed by atoms with Crippen molar-refractivity contribution < 1.29 is 9.84 Å². The first-order valence-electron chi connectivity index (χ1n) is 6.46. The molecule has 2 rings (SSSR count). The van der Waals surface area contributed by atoms with Crippen LogP contribution in [0.4, 0.5) is 0 Å². The van der Waals surface area contributed by atoms with Crippen LogP contribution in [0.2, 0.25) is 0 Å². The Morgan fingerprint density at radius 3 is 2.78 bits per heavy atom. The summed E-state index contributed by atoms with van der Waals surface area (Å²) in [5.41, 5.74) is 0.545. The van der Waals surface area contributed by atoms with Crippen LogP contribution in [0.15, 0.2) is 12.4 Å². The molecule has 100 valence electrons. The second-order valence-electron chi connectivity index (χ2n) is 4.56. The molecule has 0 bridgehead atoms. The highest BCUT2D eigenvalue weighted by Crippen LogP contribution is 2.31. The van der Waals surface area contributed by atoms with Crippen molar-refractivity contribution in [2.24, 2.45) is 0 Å². The summed E-state index contributed by atoms with van der Waals surface area (Å²) in [6.45, 7) is 0. The predicted molar refractivity (Wildman–Crippen MR) is 72.9 cm³/mol. The zero-order valence-corrected chi connectivity index (χ0v) is 11.5. The first-order chi connectivity index (χ1) is 8.81. The molecule has 5 heteroatoms. The van der Waals surface area contributed by atoms with Crippen LogP contribution in [0, 0.1) is 0 Å². The molecule has 0 aromatic carbocycles. The third kappa shape index (κ3) is 3.59. The van der Waals surface area contributed by atoms with Gasteiger partial charge in [0.15, 0.2) is 0 Å². The highest BCUT2D eigenvalue weighted by molar-refractivity contribution is 7.99. The van der Waals surface area contributed by atoms with Crippen molar-refractivity contribution in [1.29, 1.82) is 0 Å². The van der Waals surface area contributed by atoms with Gasteiger partial charge in [-0.1, -0.05) is 19.3 Å². The number of thioether (sulfide) groups is 1. The Morgan fingerprint density at radius 1 is 1.33 bits per heavy atom. The molecule has 0 radical (unpaired) electrons. The number of rotatable bonds is 5. The molecule has 4 nitrogen and oxygen atoms in total. The van der Waals surface area contributed by atoms with Crippen molar-refractivity contribution in [3.05, 3.63) is 18.1 Å². The van der Waals surface area contributed by atoms with Crippen LogP contribution in [0.5, 0.6) is 5.88 Å². The number of aliphatic hydroxyl groups excluding tert-OH is 1. The van der Waals surface area contributed by atoms with Gasteiger partial charge in [-0.3, -0.25) is 4.98 Å². The molecule has 1 aromatic rings. The Bertz CT molecular complexity index is 370. The van der Waals surface area contributed by atoms with Crippen LogP contribution in [-0.4, -0.2) is 33.2 Å². The van der Waals surface area contributed by atoms with Crippen LogP contribution >= 0.6 is 11.8 Å². The fourth-order valence-electron chi connectivity index (χ4n) is 2.26. The summed E-state index contributed by atoms with van der Waals surface area (Å²) >= 11 is 1.85. The Hall–Kier alpha value is -0.810. The monoisotopic (exact) mass is 268 g/mol. The fourth-order valence-corrected chi connectivity index (χ4v) is 3.54. The van der Waals surface area contributed by atoms with Gasteiger partial charge in [-0.05, 0) is 12.8 Å². The van der Waals surface area contributed by atoms with E-state index in [1.54, 1.807) is 19.5 Å². The predicted octanol–water partition coefficient (Wildman–Crippen LogP) is 2.58. The van der Waals surface area contributed by atoms with E-state index in [0.29, 0.717) is 22.6 Å². The summed E-state index contributed by atoms with van der Waals surface area (Å²) in [6, 6.07) is 0. The minimum absolute atomic E-state index is 0.425. The van der Waals surface area contributed by atoms with E-state index in [-0.39, 0.29) is 0 Å². The number of hydrogen-bond acceptors (Lipinski definition) is 5. The highest BCUT2D eigenvalue weighted by atomic mass is 32.2. The number of hydrogen-bond donors (Lipinski definition) is 1. The topological polar surface area (TPSA) is 55.2 Å². The van der Waals surface area contributed by atoms with Crippen molar-refractivity contribution in [3.63, 3.8) is 0 Å². The zero-order chi connectivity index (χ0) is 12.8. The summed E-state index contributed by atoms with van der Waals surface area (Å²) in [7, 11) is 1.55. The SMILES string of the molecule is COc1nccnc1C(O)CSC1CCCCC1. The molecule has 1 unspecified atom stereocenters. The summed E-state index contributed by atoms with van der Waals surface area (Å²) in [5.74, 6) is 1.09. The van der Waals surface area contributed by atoms with Crippen LogP contribution in [-0.2, 0) is 0 Å². The highest BCUT2D eigenvalue weighted by Gasteiger charge is 2.19. The molecule has 1 heterocycles. The van der Waals surface area contributed by atoms with Gasteiger partial charge in [0.1, 0.15) is 11.8 Å².